The summed E-state index contributed by atoms with van der Waals surface area (Å²) in [5.41, 5.74) is 3.44. The highest BCUT2D eigenvalue weighted by Crippen LogP contribution is 2.35. The van der Waals surface area contributed by atoms with Gasteiger partial charge in [0, 0.05) is 59.7 Å². The van der Waals surface area contributed by atoms with Crippen LogP contribution in [0.15, 0.2) is 48.9 Å². The number of thioether (sulfide) groups is 1. The number of aromatic nitrogens is 4. The minimum absolute atomic E-state index is 0.338. The van der Waals surface area contributed by atoms with Crippen LogP contribution in [0, 0.1) is 0 Å². The van der Waals surface area contributed by atoms with Gasteiger partial charge in [0.2, 0.25) is 0 Å². The topological polar surface area (TPSA) is 66.9 Å². The molecule has 9 heteroatoms. The van der Waals surface area contributed by atoms with Crippen LogP contribution in [0.3, 0.4) is 0 Å². The van der Waals surface area contributed by atoms with Crippen LogP contribution >= 0.6 is 35.0 Å². The lowest BCUT2D eigenvalue weighted by Gasteiger charge is -2.27. The molecule has 32 heavy (non-hydrogen) atoms. The number of rotatable bonds is 5. The van der Waals surface area contributed by atoms with Crippen LogP contribution in [0.4, 0.5) is 5.82 Å². The van der Waals surface area contributed by atoms with Gasteiger partial charge in [0.05, 0.1) is 15.6 Å². The van der Waals surface area contributed by atoms with Crippen LogP contribution in [0.25, 0.3) is 22.2 Å². The number of aromatic amines is 1. The van der Waals surface area contributed by atoms with E-state index in [0.717, 1.165) is 52.6 Å². The zero-order valence-corrected chi connectivity index (χ0v) is 19.7. The van der Waals surface area contributed by atoms with Gasteiger partial charge in [-0.25, -0.2) is 4.98 Å². The molecule has 0 amide bonds. The number of hydrogen-bond acceptors (Lipinski definition) is 6. The molecule has 0 radical (unpaired) electrons. The molecule has 1 aromatic carbocycles. The molecule has 5 rings (SSSR count). The Morgan fingerprint density at radius 3 is 2.56 bits per heavy atom. The van der Waals surface area contributed by atoms with E-state index in [4.69, 9.17) is 32.9 Å². The van der Waals surface area contributed by atoms with E-state index < -0.39 is 0 Å². The summed E-state index contributed by atoms with van der Waals surface area (Å²) in [5.74, 6) is 4.00. The van der Waals surface area contributed by atoms with Crippen molar-refractivity contribution in [3.63, 3.8) is 0 Å². The fourth-order valence-electron chi connectivity index (χ4n) is 3.86. The van der Waals surface area contributed by atoms with Gasteiger partial charge in [0.15, 0.2) is 0 Å². The van der Waals surface area contributed by atoms with E-state index in [1.54, 1.807) is 12.4 Å². The highest BCUT2D eigenvalue weighted by molar-refractivity contribution is 7.99. The molecule has 4 heterocycles. The van der Waals surface area contributed by atoms with Crippen molar-refractivity contribution in [2.24, 2.45) is 0 Å². The van der Waals surface area contributed by atoms with Crippen LogP contribution in [0.5, 0.6) is 5.75 Å². The van der Waals surface area contributed by atoms with Crippen molar-refractivity contribution >= 4 is 51.7 Å². The molecule has 1 fully saturated rings. The molecule has 0 saturated carbocycles. The van der Waals surface area contributed by atoms with Gasteiger partial charge >= 0.3 is 0 Å². The Morgan fingerprint density at radius 2 is 1.84 bits per heavy atom. The van der Waals surface area contributed by atoms with Crippen LogP contribution in [-0.4, -0.2) is 44.8 Å². The summed E-state index contributed by atoms with van der Waals surface area (Å²) in [7, 11) is 0. The van der Waals surface area contributed by atoms with E-state index in [9.17, 15) is 0 Å². The summed E-state index contributed by atoms with van der Waals surface area (Å²) in [6, 6.07) is 9.98. The predicted octanol–water partition coefficient (Wildman–Crippen LogP) is 6.02. The van der Waals surface area contributed by atoms with E-state index >= 15 is 0 Å². The van der Waals surface area contributed by atoms with Crippen molar-refractivity contribution in [2.45, 2.75) is 13.0 Å². The molecule has 6 nitrogen and oxygen atoms in total. The number of nitrogens with zero attached hydrogens (tertiary/aromatic N) is 4. The standard InChI is InChI=1S/C23H21Cl2N5OS/c1-14(22-18(24)12-26-13-19(22)25)31-16-3-4-20-17(10-16)23(29-28-20)15-2-5-21(27-11-15)30-6-8-32-9-7-30/h2-5,10-14H,6-9H2,1H3,(H,28,29)/t14-/m1/s1. The molecule has 1 atom stereocenters. The Labute approximate surface area is 200 Å². The average Bonchev–Trinajstić information content (AvgIpc) is 3.23. The first-order valence-electron chi connectivity index (χ1n) is 10.3. The number of H-pyrrole nitrogens is 1. The van der Waals surface area contributed by atoms with Crippen molar-refractivity contribution in [2.75, 3.05) is 29.5 Å². The molecule has 0 spiro atoms. The fourth-order valence-corrected chi connectivity index (χ4v) is 5.44. The molecule has 1 N–H and O–H groups in total. The third kappa shape index (κ3) is 4.25. The van der Waals surface area contributed by atoms with Gasteiger partial charge in [0.1, 0.15) is 23.4 Å². The molecular weight excluding hydrogens is 465 g/mol. The smallest absolute Gasteiger partial charge is 0.128 e. The summed E-state index contributed by atoms with van der Waals surface area (Å²) >= 11 is 14.6. The van der Waals surface area contributed by atoms with Gasteiger partial charge in [0.25, 0.3) is 0 Å². The Hall–Kier alpha value is -2.48. The Morgan fingerprint density at radius 1 is 1.06 bits per heavy atom. The quantitative estimate of drug-likeness (QED) is 0.372. The van der Waals surface area contributed by atoms with E-state index in [2.05, 4.69) is 32.2 Å². The second-order valence-electron chi connectivity index (χ2n) is 7.56. The summed E-state index contributed by atoms with van der Waals surface area (Å²) in [4.78, 5) is 11.0. The van der Waals surface area contributed by atoms with E-state index in [1.807, 2.05) is 43.1 Å². The maximum atomic E-state index is 6.29. The minimum Gasteiger partial charge on any atom is -0.486 e. The van der Waals surface area contributed by atoms with Crippen molar-refractivity contribution in [3.8, 4) is 17.0 Å². The Balaban J connectivity index is 1.41. The van der Waals surface area contributed by atoms with Crippen molar-refractivity contribution in [1.29, 1.82) is 0 Å². The normalized spacial score (nSPS) is 15.2. The highest BCUT2D eigenvalue weighted by Gasteiger charge is 2.18. The second kappa shape index (κ2) is 9.17. The van der Waals surface area contributed by atoms with E-state index in [-0.39, 0.29) is 6.10 Å². The molecule has 3 aromatic heterocycles. The monoisotopic (exact) mass is 485 g/mol. The number of halogens is 2. The lowest BCUT2D eigenvalue weighted by atomic mass is 10.1. The van der Waals surface area contributed by atoms with Crippen LogP contribution < -0.4 is 9.64 Å². The minimum atomic E-state index is -0.338. The number of nitrogens with one attached hydrogen (secondary N) is 1. The van der Waals surface area contributed by atoms with Gasteiger partial charge in [-0.15, -0.1) is 0 Å². The summed E-state index contributed by atoms with van der Waals surface area (Å²) < 4.78 is 6.17. The molecule has 0 bridgehead atoms. The largest absolute Gasteiger partial charge is 0.486 e. The molecule has 1 saturated heterocycles. The second-order valence-corrected chi connectivity index (χ2v) is 9.60. The van der Waals surface area contributed by atoms with Gasteiger partial charge in [-0.05, 0) is 37.3 Å². The fraction of sp³-hybridized carbons (Fsp3) is 0.261. The number of pyridine rings is 2. The number of fused-ring (bicyclic) bond motifs is 1. The Kier molecular flexibility index (Phi) is 6.13. The summed E-state index contributed by atoms with van der Waals surface area (Å²) in [6.45, 7) is 3.98. The molecule has 4 aromatic rings. The van der Waals surface area contributed by atoms with Gasteiger partial charge in [-0.2, -0.15) is 16.9 Å². The van der Waals surface area contributed by atoms with Crippen molar-refractivity contribution in [1.82, 2.24) is 20.2 Å². The highest BCUT2D eigenvalue weighted by atomic mass is 35.5. The molecule has 1 aliphatic rings. The van der Waals surface area contributed by atoms with Crippen LogP contribution in [0.2, 0.25) is 10.0 Å². The molecular formula is C23H21Cl2N5OS. The predicted molar refractivity (Wildman–Crippen MR) is 132 cm³/mol. The van der Waals surface area contributed by atoms with E-state index in [0.29, 0.717) is 21.4 Å². The first-order valence-corrected chi connectivity index (χ1v) is 12.2. The third-order valence-corrected chi connectivity index (χ3v) is 7.05. The van der Waals surface area contributed by atoms with Crippen molar-refractivity contribution < 1.29 is 4.74 Å². The zero-order chi connectivity index (χ0) is 22.1. The number of ether oxygens (including phenoxy) is 1. The first kappa shape index (κ1) is 21.4. The number of benzene rings is 1. The average molecular weight is 486 g/mol. The van der Waals surface area contributed by atoms with Gasteiger partial charge < -0.3 is 9.64 Å². The third-order valence-electron chi connectivity index (χ3n) is 5.50. The lowest BCUT2D eigenvalue weighted by Crippen LogP contribution is -2.32. The van der Waals surface area contributed by atoms with Crippen molar-refractivity contribution in [3.05, 3.63) is 64.5 Å². The summed E-state index contributed by atoms with van der Waals surface area (Å²) in [5, 5.41) is 9.55. The first-order chi connectivity index (χ1) is 15.6. The lowest BCUT2D eigenvalue weighted by molar-refractivity contribution is 0.227. The summed E-state index contributed by atoms with van der Waals surface area (Å²) in [6.07, 6.45) is 4.69. The molecule has 164 valence electrons. The molecule has 0 unspecified atom stereocenters. The van der Waals surface area contributed by atoms with E-state index in [1.165, 1.54) is 0 Å². The zero-order valence-electron chi connectivity index (χ0n) is 17.4. The molecule has 0 aliphatic carbocycles. The SMILES string of the molecule is C[C@@H](Oc1ccc2[nH]nc(-c3ccc(N4CCSCC4)nc3)c2c1)c1c(Cl)cncc1Cl. The number of hydrogen-bond donors (Lipinski definition) is 1. The maximum Gasteiger partial charge on any atom is 0.128 e. The van der Waals surface area contributed by atoms with Crippen LogP contribution in [-0.2, 0) is 0 Å². The van der Waals surface area contributed by atoms with Gasteiger partial charge in [-0.3, -0.25) is 10.1 Å². The van der Waals surface area contributed by atoms with Crippen LogP contribution in [0.1, 0.15) is 18.6 Å². The number of anilines is 1. The molecule has 1 aliphatic heterocycles. The Bertz CT molecular complexity index is 1220. The van der Waals surface area contributed by atoms with Gasteiger partial charge in [-0.1, -0.05) is 23.2 Å². The maximum absolute atomic E-state index is 6.29.